The highest BCUT2D eigenvalue weighted by Gasteiger charge is 2.16. The van der Waals surface area contributed by atoms with Crippen LogP contribution in [0.5, 0.6) is 11.5 Å². The molecule has 9 nitrogen and oxygen atoms in total. The largest absolute Gasteiger partial charge is 0.454 e. The molecule has 1 N–H and O–H groups in total. The summed E-state index contributed by atoms with van der Waals surface area (Å²) in [7, 11) is 0. The zero-order valence-corrected chi connectivity index (χ0v) is 16.4. The van der Waals surface area contributed by atoms with E-state index in [0.717, 1.165) is 0 Å². The van der Waals surface area contributed by atoms with E-state index in [2.05, 4.69) is 10.3 Å². The fourth-order valence-electron chi connectivity index (χ4n) is 3.20. The maximum absolute atomic E-state index is 12.4. The first-order valence-electron chi connectivity index (χ1n) is 9.34. The number of ether oxygens (including phenoxy) is 3. The Hall–Kier alpha value is -3.88. The second-order valence-electron chi connectivity index (χ2n) is 6.64. The van der Waals surface area contributed by atoms with Crippen LogP contribution in [0.3, 0.4) is 0 Å². The van der Waals surface area contributed by atoms with Crippen molar-refractivity contribution in [3.8, 4) is 11.5 Å². The van der Waals surface area contributed by atoms with Crippen LogP contribution in [0, 0.1) is 6.92 Å². The fraction of sp³-hybridized carbons (Fsp3) is 0.238. The Morgan fingerprint density at radius 2 is 1.97 bits per heavy atom. The van der Waals surface area contributed by atoms with E-state index >= 15 is 0 Å². The highest BCUT2D eigenvalue weighted by atomic mass is 16.7. The molecule has 0 unspecified atom stereocenters. The molecule has 30 heavy (non-hydrogen) atoms. The molecule has 1 aliphatic rings. The highest BCUT2D eigenvalue weighted by Crippen LogP contribution is 2.34. The van der Waals surface area contributed by atoms with Crippen LogP contribution in [0.15, 0.2) is 41.2 Å². The predicted octanol–water partition coefficient (Wildman–Crippen LogP) is 2.25. The zero-order valence-electron chi connectivity index (χ0n) is 16.4. The van der Waals surface area contributed by atoms with E-state index in [1.165, 1.54) is 0 Å². The number of nitrogens with one attached hydrogen (secondary N) is 1. The number of aromatic nitrogens is 2. The number of amides is 1. The number of nitrogens with zero attached hydrogens (tertiary/aromatic N) is 2. The molecule has 0 saturated carbocycles. The number of carbonyl (C=O) groups is 2. The Morgan fingerprint density at radius 3 is 2.77 bits per heavy atom. The topological polar surface area (TPSA) is 109 Å². The number of carbonyl (C=O) groups excluding carboxylic acids is 2. The molecule has 2 heterocycles. The molecule has 1 aliphatic heterocycles. The van der Waals surface area contributed by atoms with Crippen molar-refractivity contribution in [2.24, 2.45) is 0 Å². The van der Waals surface area contributed by atoms with E-state index < -0.39 is 18.5 Å². The van der Waals surface area contributed by atoms with Crippen LogP contribution in [-0.2, 0) is 16.1 Å². The van der Waals surface area contributed by atoms with Crippen molar-refractivity contribution in [1.82, 2.24) is 9.55 Å². The van der Waals surface area contributed by atoms with Crippen molar-refractivity contribution in [3.05, 3.63) is 58.0 Å². The van der Waals surface area contributed by atoms with E-state index in [-0.39, 0.29) is 17.9 Å². The van der Waals surface area contributed by atoms with Crippen molar-refractivity contribution in [3.63, 3.8) is 0 Å². The summed E-state index contributed by atoms with van der Waals surface area (Å²) < 4.78 is 17.2. The fourth-order valence-corrected chi connectivity index (χ4v) is 3.20. The second kappa shape index (κ2) is 7.86. The Bertz CT molecular complexity index is 1220. The van der Waals surface area contributed by atoms with E-state index in [1.807, 2.05) is 6.92 Å². The van der Waals surface area contributed by atoms with E-state index in [9.17, 15) is 14.4 Å². The van der Waals surface area contributed by atoms with Crippen molar-refractivity contribution < 1.29 is 23.8 Å². The summed E-state index contributed by atoms with van der Waals surface area (Å²) >= 11 is 0. The van der Waals surface area contributed by atoms with Crippen LogP contribution in [0.25, 0.3) is 11.0 Å². The minimum atomic E-state index is -0.661. The minimum absolute atomic E-state index is 0.138. The maximum Gasteiger partial charge on any atom is 0.338 e. The number of hydrogen-bond acceptors (Lipinski definition) is 7. The van der Waals surface area contributed by atoms with Gasteiger partial charge in [0, 0.05) is 18.3 Å². The molecule has 4 rings (SSSR count). The van der Waals surface area contributed by atoms with Crippen molar-refractivity contribution in [2.45, 2.75) is 20.4 Å². The molecule has 0 fully saturated rings. The number of aryl methyl sites for hydroxylation is 2. The molecule has 0 radical (unpaired) electrons. The number of benzene rings is 2. The average Bonchev–Trinajstić information content (AvgIpc) is 3.20. The lowest BCUT2D eigenvalue weighted by Crippen LogP contribution is -2.23. The first-order valence-corrected chi connectivity index (χ1v) is 9.34. The summed E-state index contributed by atoms with van der Waals surface area (Å²) in [5, 5.41) is 2.63. The zero-order chi connectivity index (χ0) is 21.3. The molecular weight excluding hydrogens is 390 g/mol. The summed E-state index contributed by atoms with van der Waals surface area (Å²) in [6.07, 6.45) is 0. The third-order valence-corrected chi connectivity index (χ3v) is 4.65. The van der Waals surface area contributed by atoms with Gasteiger partial charge in [0.2, 0.25) is 6.79 Å². The molecule has 3 aromatic rings. The van der Waals surface area contributed by atoms with E-state index in [0.29, 0.717) is 40.5 Å². The predicted molar refractivity (Wildman–Crippen MR) is 108 cm³/mol. The van der Waals surface area contributed by atoms with Gasteiger partial charge in [-0.1, -0.05) is 0 Å². The Labute approximate surface area is 171 Å². The maximum atomic E-state index is 12.4. The van der Waals surface area contributed by atoms with Crippen molar-refractivity contribution >= 4 is 28.6 Å². The van der Waals surface area contributed by atoms with Gasteiger partial charge in [-0.15, -0.1) is 0 Å². The van der Waals surface area contributed by atoms with Gasteiger partial charge in [0.05, 0.1) is 16.6 Å². The van der Waals surface area contributed by atoms with Crippen LogP contribution in [-0.4, -0.2) is 34.8 Å². The highest BCUT2D eigenvalue weighted by molar-refractivity contribution is 5.97. The summed E-state index contributed by atoms with van der Waals surface area (Å²) in [6.45, 7) is 3.66. The molecule has 0 spiro atoms. The van der Waals surface area contributed by atoms with Crippen molar-refractivity contribution in [2.75, 3.05) is 18.7 Å². The molecular formula is C21H19N3O6. The summed E-state index contributed by atoms with van der Waals surface area (Å²) in [5.74, 6) is -0.00869. The van der Waals surface area contributed by atoms with Gasteiger partial charge < -0.3 is 24.1 Å². The normalized spacial score (nSPS) is 12.1. The Kier molecular flexibility index (Phi) is 5.09. The van der Waals surface area contributed by atoms with Gasteiger partial charge in [0.15, 0.2) is 18.1 Å². The van der Waals surface area contributed by atoms with Crippen LogP contribution in [0.2, 0.25) is 0 Å². The molecule has 9 heteroatoms. The van der Waals surface area contributed by atoms with Crippen LogP contribution in [0.1, 0.15) is 23.0 Å². The molecule has 1 aromatic heterocycles. The first-order chi connectivity index (χ1) is 14.5. The molecule has 0 bridgehead atoms. The van der Waals surface area contributed by atoms with Gasteiger partial charge in [0.25, 0.3) is 11.5 Å². The molecule has 2 aromatic carbocycles. The van der Waals surface area contributed by atoms with Crippen molar-refractivity contribution in [1.29, 1.82) is 0 Å². The van der Waals surface area contributed by atoms with Crippen LogP contribution < -0.4 is 20.3 Å². The number of rotatable bonds is 5. The summed E-state index contributed by atoms with van der Waals surface area (Å²) in [6, 6.07) is 9.72. The first kappa shape index (κ1) is 19.4. The second-order valence-corrected chi connectivity index (χ2v) is 6.64. The monoisotopic (exact) mass is 409 g/mol. The molecule has 1 amide bonds. The van der Waals surface area contributed by atoms with Gasteiger partial charge in [-0.25, -0.2) is 9.78 Å². The van der Waals surface area contributed by atoms with Gasteiger partial charge >= 0.3 is 5.97 Å². The van der Waals surface area contributed by atoms with E-state index in [1.54, 1.807) is 47.9 Å². The number of hydrogen-bond donors (Lipinski definition) is 1. The quantitative estimate of drug-likeness (QED) is 0.644. The van der Waals surface area contributed by atoms with Gasteiger partial charge in [0.1, 0.15) is 5.69 Å². The Balaban J connectivity index is 1.43. The van der Waals surface area contributed by atoms with Crippen LogP contribution >= 0.6 is 0 Å². The molecule has 0 saturated heterocycles. The van der Waals surface area contributed by atoms with Gasteiger partial charge in [-0.2, -0.15) is 0 Å². The summed E-state index contributed by atoms with van der Waals surface area (Å²) in [5.41, 5.74) is 2.06. The lowest BCUT2D eigenvalue weighted by atomic mass is 10.2. The number of esters is 1. The average molecular weight is 409 g/mol. The lowest BCUT2D eigenvalue weighted by Gasteiger charge is -2.10. The number of anilines is 1. The van der Waals surface area contributed by atoms with Gasteiger partial charge in [-0.05, 0) is 44.2 Å². The smallest absolute Gasteiger partial charge is 0.338 e. The SMILES string of the molecule is CCn1c(=O)c(C)nc2cc(C(=O)OCC(=O)Nc3ccc4c(c3)OCO4)ccc21. The number of fused-ring (bicyclic) bond motifs is 2. The van der Waals surface area contributed by atoms with Crippen LogP contribution in [0.4, 0.5) is 5.69 Å². The minimum Gasteiger partial charge on any atom is -0.454 e. The van der Waals surface area contributed by atoms with Gasteiger partial charge in [-0.3, -0.25) is 9.59 Å². The third-order valence-electron chi connectivity index (χ3n) is 4.65. The molecule has 0 aliphatic carbocycles. The molecule has 154 valence electrons. The third kappa shape index (κ3) is 3.69. The standard InChI is InChI=1S/C21H19N3O6/c1-3-24-16-6-4-13(8-15(16)22-12(2)20(24)26)21(27)28-10-19(25)23-14-5-7-17-18(9-14)30-11-29-17/h4-9H,3,10-11H2,1-2H3,(H,23,25). The molecule has 0 atom stereocenters. The Morgan fingerprint density at radius 1 is 1.17 bits per heavy atom. The lowest BCUT2D eigenvalue weighted by molar-refractivity contribution is -0.119. The van der Waals surface area contributed by atoms with E-state index in [4.69, 9.17) is 14.2 Å². The summed E-state index contributed by atoms with van der Waals surface area (Å²) in [4.78, 5) is 40.9.